The summed E-state index contributed by atoms with van der Waals surface area (Å²) in [6, 6.07) is 4.81. The van der Waals surface area contributed by atoms with Crippen molar-refractivity contribution in [3.8, 4) is 0 Å². The van der Waals surface area contributed by atoms with Gasteiger partial charge in [0.25, 0.3) is 0 Å². The van der Waals surface area contributed by atoms with E-state index in [1.54, 1.807) is 6.26 Å². The molecule has 1 heterocycles. The quantitative estimate of drug-likeness (QED) is 0.784. The molecule has 1 aliphatic rings. The molecule has 0 radical (unpaired) electrons. The Morgan fingerprint density at radius 2 is 2.38 bits per heavy atom. The fraction of sp³-hybridized carbons (Fsp3) is 0.706. The Labute approximate surface area is 127 Å². The zero-order valence-electron chi connectivity index (χ0n) is 13.1. The van der Waals surface area contributed by atoms with E-state index in [-0.39, 0.29) is 11.9 Å². The van der Waals surface area contributed by atoms with E-state index in [0.29, 0.717) is 18.7 Å². The summed E-state index contributed by atoms with van der Waals surface area (Å²) in [6.45, 7) is 4.55. The zero-order valence-corrected chi connectivity index (χ0v) is 13.1. The summed E-state index contributed by atoms with van der Waals surface area (Å²) in [5, 5.41) is 3.66. The summed E-state index contributed by atoms with van der Waals surface area (Å²) >= 11 is 0. The largest absolute Gasteiger partial charge is 0.469 e. The average Bonchev–Trinajstić information content (AvgIpc) is 2.99. The first kappa shape index (κ1) is 16.1. The highest BCUT2D eigenvalue weighted by atomic mass is 16.5. The minimum atomic E-state index is -0.0211. The fourth-order valence-electron chi connectivity index (χ4n) is 3.11. The second-order valence-electron chi connectivity index (χ2n) is 6.00. The summed E-state index contributed by atoms with van der Waals surface area (Å²) in [7, 11) is 0. The van der Waals surface area contributed by atoms with E-state index >= 15 is 0 Å². The number of rotatable bonds is 7. The molecule has 4 heteroatoms. The van der Waals surface area contributed by atoms with Gasteiger partial charge >= 0.3 is 5.97 Å². The molecule has 118 valence electrons. The lowest BCUT2D eigenvalue weighted by atomic mass is 9.85. The average molecular weight is 293 g/mol. The van der Waals surface area contributed by atoms with Crippen LogP contribution in [0.4, 0.5) is 0 Å². The van der Waals surface area contributed by atoms with Gasteiger partial charge in [-0.2, -0.15) is 0 Å². The van der Waals surface area contributed by atoms with Gasteiger partial charge in [-0.3, -0.25) is 4.79 Å². The molecule has 0 bridgehead atoms. The van der Waals surface area contributed by atoms with Gasteiger partial charge < -0.3 is 14.5 Å². The van der Waals surface area contributed by atoms with Crippen LogP contribution in [-0.2, 0) is 16.0 Å². The molecule has 1 N–H and O–H groups in total. The molecule has 1 saturated carbocycles. The van der Waals surface area contributed by atoms with Gasteiger partial charge in [0, 0.05) is 18.5 Å². The van der Waals surface area contributed by atoms with Crippen molar-refractivity contribution < 1.29 is 13.9 Å². The van der Waals surface area contributed by atoms with E-state index in [2.05, 4.69) is 12.2 Å². The zero-order chi connectivity index (χ0) is 15.1. The molecule has 0 amide bonds. The number of nitrogens with one attached hydrogen (secondary N) is 1. The van der Waals surface area contributed by atoms with E-state index in [0.717, 1.165) is 44.3 Å². The third kappa shape index (κ3) is 5.20. The van der Waals surface area contributed by atoms with E-state index in [1.807, 2.05) is 19.1 Å². The summed E-state index contributed by atoms with van der Waals surface area (Å²) in [5.41, 5.74) is 0. The van der Waals surface area contributed by atoms with Crippen LogP contribution in [0.5, 0.6) is 0 Å². The van der Waals surface area contributed by atoms with Gasteiger partial charge in [-0.25, -0.2) is 0 Å². The van der Waals surface area contributed by atoms with Gasteiger partial charge in [0.05, 0.1) is 18.8 Å². The number of aryl methyl sites for hydroxylation is 1. The van der Waals surface area contributed by atoms with E-state index in [9.17, 15) is 4.79 Å². The van der Waals surface area contributed by atoms with Crippen molar-refractivity contribution in [1.29, 1.82) is 0 Å². The molecule has 0 saturated heterocycles. The molecule has 0 spiro atoms. The topological polar surface area (TPSA) is 51.5 Å². The molecule has 2 rings (SSSR count). The van der Waals surface area contributed by atoms with Crippen LogP contribution in [0.3, 0.4) is 0 Å². The highest BCUT2D eigenvalue weighted by Crippen LogP contribution is 2.26. The van der Waals surface area contributed by atoms with Gasteiger partial charge in [-0.15, -0.1) is 0 Å². The van der Waals surface area contributed by atoms with Crippen molar-refractivity contribution in [3.63, 3.8) is 0 Å². The van der Waals surface area contributed by atoms with Crippen molar-refractivity contribution in [2.45, 2.75) is 64.5 Å². The number of hydrogen-bond acceptors (Lipinski definition) is 4. The molecular weight excluding hydrogens is 266 g/mol. The van der Waals surface area contributed by atoms with Gasteiger partial charge in [0.15, 0.2) is 0 Å². The normalized spacial score (nSPS) is 23.7. The number of esters is 1. The molecule has 4 nitrogen and oxygen atoms in total. The van der Waals surface area contributed by atoms with Crippen molar-refractivity contribution in [2.75, 3.05) is 6.61 Å². The second-order valence-corrected chi connectivity index (χ2v) is 6.00. The SMILES string of the molecule is CCOC(=O)C1CCCC(NC(C)CCc2ccco2)C1. The summed E-state index contributed by atoms with van der Waals surface area (Å²) in [6.07, 6.45) is 7.86. The number of hydrogen-bond donors (Lipinski definition) is 1. The van der Waals surface area contributed by atoms with Gasteiger partial charge in [0.2, 0.25) is 0 Å². The molecule has 0 aromatic carbocycles. The number of furan rings is 1. The number of carbonyl (C=O) groups is 1. The standard InChI is InChI=1S/C17H27NO3/c1-3-20-17(19)14-6-4-7-15(12-14)18-13(2)9-10-16-8-5-11-21-16/h5,8,11,13-15,18H,3-4,6-7,9-10,12H2,1-2H3. The van der Waals surface area contributed by atoms with Gasteiger partial charge in [-0.05, 0) is 51.7 Å². The van der Waals surface area contributed by atoms with Crippen molar-refractivity contribution in [2.24, 2.45) is 5.92 Å². The van der Waals surface area contributed by atoms with Crippen LogP contribution in [0.25, 0.3) is 0 Å². The van der Waals surface area contributed by atoms with Crippen molar-refractivity contribution in [1.82, 2.24) is 5.32 Å². The molecular formula is C17H27NO3. The second kappa shape index (κ2) is 8.23. The lowest BCUT2D eigenvalue weighted by molar-refractivity contribution is -0.149. The molecule has 1 aliphatic carbocycles. The highest BCUT2D eigenvalue weighted by molar-refractivity contribution is 5.72. The van der Waals surface area contributed by atoms with Crippen LogP contribution >= 0.6 is 0 Å². The third-order valence-corrected chi connectivity index (χ3v) is 4.22. The summed E-state index contributed by atoms with van der Waals surface area (Å²) in [4.78, 5) is 11.8. The Hall–Kier alpha value is -1.29. The van der Waals surface area contributed by atoms with Crippen LogP contribution in [-0.4, -0.2) is 24.7 Å². The fourth-order valence-corrected chi connectivity index (χ4v) is 3.11. The predicted molar refractivity (Wildman–Crippen MR) is 82.0 cm³/mol. The van der Waals surface area contributed by atoms with Crippen LogP contribution in [0.15, 0.2) is 22.8 Å². The van der Waals surface area contributed by atoms with Gasteiger partial charge in [-0.1, -0.05) is 6.42 Å². The first-order chi connectivity index (χ1) is 10.2. The predicted octanol–water partition coefficient (Wildman–Crippen LogP) is 3.31. The molecule has 1 fully saturated rings. The maximum atomic E-state index is 11.8. The first-order valence-corrected chi connectivity index (χ1v) is 8.14. The molecule has 3 unspecified atom stereocenters. The Kier molecular flexibility index (Phi) is 6.30. The molecule has 21 heavy (non-hydrogen) atoms. The molecule has 3 atom stereocenters. The first-order valence-electron chi connectivity index (χ1n) is 8.14. The maximum Gasteiger partial charge on any atom is 0.308 e. The summed E-state index contributed by atoms with van der Waals surface area (Å²) < 4.78 is 10.5. The Balaban J connectivity index is 1.72. The van der Waals surface area contributed by atoms with E-state index in [4.69, 9.17) is 9.15 Å². The van der Waals surface area contributed by atoms with E-state index in [1.165, 1.54) is 0 Å². The monoisotopic (exact) mass is 293 g/mol. The minimum absolute atomic E-state index is 0.0211. The van der Waals surface area contributed by atoms with E-state index < -0.39 is 0 Å². The lowest BCUT2D eigenvalue weighted by Gasteiger charge is -2.30. The number of carbonyl (C=O) groups excluding carboxylic acids is 1. The maximum absolute atomic E-state index is 11.8. The van der Waals surface area contributed by atoms with Crippen LogP contribution in [0, 0.1) is 5.92 Å². The van der Waals surface area contributed by atoms with Gasteiger partial charge in [0.1, 0.15) is 5.76 Å². The Morgan fingerprint density at radius 3 is 3.10 bits per heavy atom. The lowest BCUT2D eigenvalue weighted by Crippen LogP contribution is -2.41. The highest BCUT2D eigenvalue weighted by Gasteiger charge is 2.28. The number of ether oxygens (including phenoxy) is 1. The smallest absolute Gasteiger partial charge is 0.308 e. The minimum Gasteiger partial charge on any atom is -0.469 e. The van der Waals surface area contributed by atoms with Crippen molar-refractivity contribution >= 4 is 5.97 Å². The van der Waals surface area contributed by atoms with Crippen LogP contribution in [0.1, 0.15) is 51.7 Å². The Bertz CT molecular complexity index is 416. The Morgan fingerprint density at radius 1 is 1.52 bits per heavy atom. The molecule has 0 aliphatic heterocycles. The molecule has 1 aromatic heterocycles. The van der Waals surface area contributed by atoms with Crippen LogP contribution in [0.2, 0.25) is 0 Å². The molecule has 1 aromatic rings. The third-order valence-electron chi connectivity index (χ3n) is 4.22. The van der Waals surface area contributed by atoms with Crippen LogP contribution < -0.4 is 5.32 Å². The summed E-state index contributed by atoms with van der Waals surface area (Å²) in [5.74, 6) is 1.09. The van der Waals surface area contributed by atoms with Crippen molar-refractivity contribution in [3.05, 3.63) is 24.2 Å².